The van der Waals surface area contributed by atoms with Crippen molar-refractivity contribution in [3.05, 3.63) is 18.3 Å². The molecule has 0 aromatic carbocycles. The lowest BCUT2D eigenvalue weighted by Gasteiger charge is -2.28. The van der Waals surface area contributed by atoms with Gasteiger partial charge in [0.05, 0.1) is 24.5 Å². The van der Waals surface area contributed by atoms with Crippen molar-refractivity contribution >= 4 is 17.4 Å². The zero-order valence-corrected chi connectivity index (χ0v) is 12.6. The quantitative estimate of drug-likeness (QED) is 0.852. The van der Waals surface area contributed by atoms with Gasteiger partial charge < -0.3 is 14.5 Å². The summed E-state index contributed by atoms with van der Waals surface area (Å²) in [6, 6.07) is 4.48. The van der Waals surface area contributed by atoms with E-state index in [9.17, 15) is 4.79 Å². The van der Waals surface area contributed by atoms with Gasteiger partial charge in [0.15, 0.2) is 0 Å². The highest BCUT2D eigenvalue weighted by molar-refractivity contribution is 5.93. The standard InChI is InChI=1S/C16H23N3O2/c1-21-12-14-5-4-10-18(14)15-8-7-13(11-17-15)19-9-3-2-6-16(19)20/h7-8,11,14H,2-6,9-10,12H2,1H3. The minimum Gasteiger partial charge on any atom is -0.383 e. The van der Waals surface area contributed by atoms with Crippen molar-refractivity contribution in [1.82, 2.24) is 4.98 Å². The Balaban J connectivity index is 1.73. The number of carbonyl (C=O) groups is 1. The second-order valence-electron chi connectivity index (χ2n) is 5.82. The molecule has 2 fully saturated rings. The number of anilines is 2. The smallest absolute Gasteiger partial charge is 0.227 e. The van der Waals surface area contributed by atoms with Crippen LogP contribution in [0.15, 0.2) is 18.3 Å². The molecule has 2 aliphatic heterocycles. The van der Waals surface area contributed by atoms with Crippen LogP contribution in [-0.4, -0.2) is 43.7 Å². The van der Waals surface area contributed by atoms with Crippen molar-refractivity contribution in [1.29, 1.82) is 0 Å². The number of hydrogen-bond acceptors (Lipinski definition) is 4. The first-order valence-electron chi connectivity index (χ1n) is 7.81. The zero-order valence-electron chi connectivity index (χ0n) is 12.6. The molecule has 2 aliphatic rings. The molecule has 2 saturated heterocycles. The summed E-state index contributed by atoms with van der Waals surface area (Å²) in [5.41, 5.74) is 0.922. The summed E-state index contributed by atoms with van der Waals surface area (Å²) in [7, 11) is 1.75. The molecule has 0 radical (unpaired) electrons. The summed E-state index contributed by atoms with van der Waals surface area (Å²) in [4.78, 5) is 20.7. The second kappa shape index (κ2) is 6.43. The fourth-order valence-corrected chi connectivity index (χ4v) is 3.29. The fraction of sp³-hybridized carbons (Fsp3) is 0.625. The number of rotatable bonds is 4. The van der Waals surface area contributed by atoms with Crippen LogP contribution in [0.5, 0.6) is 0 Å². The summed E-state index contributed by atoms with van der Waals surface area (Å²) in [5, 5.41) is 0. The minimum atomic E-state index is 0.217. The molecule has 5 heteroatoms. The molecule has 0 spiro atoms. The van der Waals surface area contributed by atoms with Gasteiger partial charge in [0.2, 0.25) is 5.91 Å². The molecule has 1 amide bonds. The van der Waals surface area contributed by atoms with Crippen LogP contribution in [0.2, 0.25) is 0 Å². The van der Waals surface area contributed by atoms with E-state index in [1.54, 1.807) is 7.11 Å². The van der Waals surface area contributed by atoms with Crippen LogP contribution in [0, 0.1) is 0 Å². The molecule has 0 saturated carbocycles. The van der Waals surface area contributed by atoms with Gasteiger partial charge in [-0.1, -0.05) is 0 Å². The summed E-state index contributed by atoms with van der Waals surface area (Å²) in [6.45, 7) is 2.59. The van der Waals surface area contributed by atoms with E-state index in [0.717, 1.165) is 50.5 Å². The molecule has 3 rings (SSSR count). The Morgan fingerprint density at radius 2 is 2.19 bits per heavy atom. The van der Waals surface area contributed by atoms with Crippen LogP contribution < -0.4 is 9.80 Å². The molecule has 0 aliphatic carbocycles. The topological polar surface area (TPSA) is 45.7 Å². The van der Waals surface area contributed by atoms with Crippen molar-refractivity contribution in [2.75, 3.05) is 36.6 Å². The van der Waals surface area contributed by atoms with Crippen LogP contribution in [-0.2, 0) is 9.53 Å². The summed E-state index contributed by atoms with van der Waals surface area (Å²) in [6.07, 6.45) is 6.91. The van der Waals surface area contributed by atoms with Gasteiger partial charge in [0.1, 0.15) is 5.82 Å². The van der Waals surface area contributed by atoms with Crippen molar-refractivity contribution in [3.63, 3.8) is 0 Å². The maximum Gasteiger partial charge on any atom is 0.227 e. The molecule has 21 heavy (non-hydrogen) atoms. The summed E-state index contributed by atoms with van der Waals surface area (Å²) in [5.74, 6) is 1.21. The lowest BCUT2D eigenvalue weighted by molar-refractivity contribution is -0.119. The average molecular weight is 289 g/mol. The van der Waals surface area contributed by atoms with Gasteiger partial charge in [-0.15, -0.1) is 0 Å². The highest BCUT2D eigenvalue weighted by Gasteiger charge is 2.26. The Labute approximate surface area is 125 Å². The van der Waals surface area contributed by atoms with E-state index in [1.165, 1.54) is 6.42 Å². The SMILES string of the molecule is COCC1CCCN1c1ccc(N2CCCCC2=O)cn1. The van der Waals surface area contributed by atoms with Crippen molar-refractivity contribution in [2.45, 2.75) is 38.1 Å². The molecule has 1 unspecified atom stereocenters. The highest BCUT2D eigenvalue weighted by atomic mass is 16.5. The number of methoxy groups -OCH3 is 1. The first kappa shape index (κ1) is 14.3. The normalized spacial score (nSPS) is 22.9. The highest BCUT2D eigenvalue weighted by Crippen LogP contribution is 2.26. The van der Waals surface area contributed by atoms with Crippen LogP contribution in [0.1, 0.15) is 32.1 Å². The maximum atomic E-state index is 11.9. The van der Waals surface area contributed by atoms with E-state index < -0.39 is 0 Å². The predicted molar refractivity (Wildman–Crippen MR) is 82.7 cm³/mol. The van der Waals surface area contributed by atoms with Crippen LogP contribution in [0.3, 0.4) is 0 Å². The molecule has 5 nitrogen and oxygen atoms in total. The van der Waals surface area contributed by atoms with Gasteiger partial charge >= 0.3 is 0 Å². The number of piperidine rings is 1. The van der Waals surface area contributed by atoms with Gasteiger partial charge in [-0.2, -0.15) is 0 Å². The van der Waals surface area contributed by atoms with Gasteiger partial charge in [0, 0.05) is 26.6 Å². The van der Waals surface area contributed by atoms with E-state index >= 15 is 0 Å². The number of nitrogens with zero attached hydrogens (tertiary/aromatic N) is 3. The Hall–Kier alpha value is -1.62. The van der Waals surface area contributed by atoms with Crippen LogP contribution >= 0.6 is 0 Å². The molecule has 1 atom stereocenters. The van der Waals surface area contributed by atoms with Gasteiger partial charge in [-0.3, -0.25) is 4.79 Å². The summed E-state index contributed by atoms with van der Waals surface area (Å²) < 4.78 is 5.29. The van der Waals surface area contributed by atoms with Gasteiger partial charge in [0.25, 0.3) is 0 Å². The van der Waals surface area contributed by atoms with E-state index in [0.29, 0.717) is 12.5 Å². The maximum absolute atomic E-state index is 11.9. The largest absolute Gasteiger partial charge is 0.383 e. The second-order valence-corrected chi connectivity index (χ2v) is 5.82. The Morgan fingerprint density at radius 3 is 2.90 bits per heavy atom. The predicted octanol–water partition coefficient (Wildman–Crippen LogP) is 2.21. The third kappa shape index (κ3) is 3.02. The molecule has 0 N–H and O–H groups in total. The zero-order chi connectivity index (χ0) is 14.7. The lowest BCUT2D eigenvalue weighted by Crippen LogP contribution is -2.36. The molecule has 1 aromatic rings. The van der Waals surface area contributed by atoms with Crippen molar-refractivity contribution in [3.8, 4) is 0 Å². The minimum absolute atomic E-state index is 0.217. The number of amides is 1. The Bertz CT molecular complexity index is 489. The molecule has 114 valence electrons. The molecular weight excluding hydrogens is 266 g/mol. The first-order valence-corrected chi connectivity index (χ1v) is 7.81. The fourth-order valence-electron chi connectivity index (χ4n) is 3.29. The Kier molecular flexibility index (Phi) is 4.39. The van der Waals surface area contributed by atoms with Crippen molar-refractivity contribution < 1.29 is 9.53 Å². The lowest BCUT2D eigenvalue weighted by atomic mass is 10.1. The third-order valence-electron chi connectivity index (χ3n) is 4.40. The Morgan fingerprint density at radius 1 is 1.29 bits per heavy atom. The number of aromatic nitrogens is 1. The number of pyridine rings is 1. The average Bonchev–Trinajstić information content (AvgIpc) is 2.97. The van der Waals surface area contributed by atoms with Crippen LogP contribution in [0.25, 0.3) is 0 Å². The number of ether oxygens (including phenoxy) is 1. The first-order chi connectivity index (χ1) is 10.3. The molecular formula is C16H23N3O2. The van der Waals surface area contributed by atoms with Gasteiger partial charge in [-0.25, -0.2) is 4.98 Å². The monoisotopic (exact) mass is 289 g/mol. The van der Waals surface area contributed by atoms with Crippen LogP contribution in [0.4, 0.5) is 11.5 Å². The van der Waals surface area contributed by atoms with Crippen molar-refractivity contribution in [2.24, 2.45) is 0 Å². The van der Waals surface area contributed by atoms with Gasteiger partial charge in [-0.05, 0) is 37.8 Å². The van der Waals surface area contributed by atoms with E-state index in [1.807, 2.05) is 23.2 Å². The van der Waals surface area contributed by atoms with E-state index in [2.05, 4.69) is 9.88 Å². The third-order valence-corrected chi connectivity index (χ3v) is 4.40. The van der Waals surface area contributed by atoms with E-state index in [-0.39, 0.29) is 5.91 Å². The number of carbonyl (C=O) groups excluding carboxylic acids is 1. The molecule has 3 heterocycles. The molecule has 1 aromatic heterocycles. The van der Waals surface area contributed by atoms with E-state index in [4.69, 9.17) is 4.74 Å². The summed E-state index contributed by atoms with van der Waals surface area (Å²) >= 11 is 0. The number of hydrogen-bond donors (Lipinski definition) is 0. The molecule has 0 bridgehead atoms.